The molecular weight excluding hydrogens is 424 g/mol. The van der Waals surface area contributed by atoms with Gasteiger partial charge in [-0.15, -0.1) is 0 Å². The summed E-state index contributed by atoms with van der Waals surface area (Å²) in [5.41, 5.74) is 1.01. The number of aliphatic hydroxyl groups is 1. The lowest BCUT2D eigenvalue weighted by molar-refractivity contribution is -0.146. The summed E-state index contributed by atoms with van der Waals surface area (Å²) >= 11 is 0. The molecule has 0 radical (unpaired) electrons. The van der Waals surface area contributed by atoms with Gasteiger partial charge < -0.3 is 24.8 Å². The maximum Gasteiger partial charge on any atom is 0.306 e. The normalized spacial score (nSPS) is 24.5. The number of aliphatic hydroxyl groups excluding tert-OH is 1. The molecule has 1 fully saturated rings. The van der Waals surface area contributed by atoms with Crippen molar-refractivity contribution in [3.05, 3.63) is 48.0 Å². The lowest BCUT2D eigenvalue weighted by atomic mass is 9.98. The number of rotatable bonds is 7. The maximum absolute atomic E-state index is 13.1. The minimum atomic E-state index is -0.541. The molecule has 0 bridgehead atoms. The molecule has 3 atom stereocenters. The minimum absolute atomic E-state index is 0.0163. The van der Waals surface area contributed by atoms with Crippen LogP contribution in [0.3, 0.4) is 0 Å². The molecule has 1 aromatic rings. The van der Waals surface area contributed by atoms with E-state index in [2.05, 4.69) is 5.32 Å². The first-order valence-electron chi connectivity index (χ1n) is 11.7. The summed E-state index contributed by atoms with van der Waals surface area (Å²) in [4.78, 5) is 39.6. The minimum Gasteiger partial charge on any atom is -0.463 e. The number of esters is 1. The zero-order valence-corrected chi connectivity index (χ0v) is 19.0. The molecule has 2 aliphatic heterocycles. The lowest BCUT2D eigenvalue weighted by Gasteiger charge is -2.26. The summed E-state index contributed by atoms with van der Waals surface area (Å²) in [6, 6.07) is 9.00. The van der Waals surface area contributed by atoms with Gasteiger partial charge in [-0.2, -0.15) is 0 Å². The number of carbonyl (C=O) groups is 3. The van der Waals surface area contributed by atoms with E-state index in [1.807, 2.05) is 42.5 Å². The average molecular weight is 459 g/mol. The van der Waals surface area contributed by atoms with Crippen molar-refractivity contribution in [2.24, 2.45) is 5.92 Å². The summed E-state index contributed by atoms with van der Waals surface area (Å²) in [6.07, 6.45) is 6.60. The molecule has 1 saturated heterocycles. The van der Waals surface area contributed by atoms with Crippen molar-refractivity contribution in [3.8, 4) is 0 Å². The summed E-state index contributed by atoms with van der Waals surface area (Å²) in [5.74, 6) is -1.24. The Bertz CT molecular complexity index is 812. The van der Waals surface area contributed by atoms with Crippen molar-refractivity contribution in [3.63, 3.8) is 0 Å². The number of hydrogen-bond donors (Lipinski definition) is 2. The van der Waals surface area contributed by atoms with Crippen LogP contribution in [0.5, 0.6) is 0 Å². The largest absolute Gasteiger partial charge is 0.463 e. The summed E-state index contributed by atoms with van der Waals surface area (Å²) in [5, 5.41) is 12.5. The summed E-state index contributed by atoms with van der Waals surface area (Å²) < 4.78 is 11.1. The second-order valence-corrected chi connectivity index (χ2v) is 8.60. The molecule has 2 heterocycles. The number of nitrogens with one attached hydrogen (secondary N) is 1. The van der Waals surface area contributed by atoms with E-state index in [1.165, 1.54) is 0 Å². The van der Waals surface area contributed by atoms with Gasteiger partial charge in [0.15, 0.2) is 0 Å². The second kappa shape index (κ2) is 13.1. The van der Waals surface area contributed by atoms with Crippen molar-refractivity contribution in [1.82, 2.24) is 10.2 Å². The van der Waals surface area contributed by atoms with Gasteiger partial charge in [0.2, 0.25) is 11.8 Å². The lowest BCUT2D eigenvalue weighted by Crippen LogP contribution is -2.46. The molecule has 1 aromatic carbocycles. The van der Waals surface area contributed by atoms with E-state index in [1.54, 1.807) is 4.90 Å². The molecule has 0 unspecified atom stereocenters. The van der Waals surface area contributed by atoms with Crippen molar-refractivity contribution in [2.75, 3.05) is 26.4 Å². The highest BCUT2D eigenvalue weighted by Gasteiger charge is 2.31. The van der Waals surface area contributed by atoms with E-state index in [4.69, 9.17) is 9.47 Å². The summed E-state index contributed by atoms with van der Waals surface area (Å²) in [6.45, 7) is 1.13. The first kappa shape index (κ1) is 24.9. The van der Waals surface area contributed by atoms with E-state index >= 15 is 0 Å². The van der Waals surface area contributed by atoms with E-state index in [9.17, 15) is 19.5 Å². The quantitative estimate of drug-likeness (QED) is 0.478. The zero-order chi connectivity index (χ0) is 23.5. The smallest absolute Gasteiger partial charge is 0.306 e. The molecule has 2 aliphatic rings. The number of cyclic esters (lactones) is 1. The van der Waals surface area contributed by atoms with Gasteiger partial charge in [-0.25, -0.2) is 0 Å². The Morgan fingerprint density at radius 2 is 2.03 bits per heavy atom. The molecule has 180 valence electrons. The Labute approximate surface area is 194 Å². The highest BCUT2D eigenvalue weighted by Crippen LogP contribution is 2.21. The molecule has 0 aromatic heterocycles. The topological polar surface area (TPSA) is 105 Å². The molecule has 8 heteroatoms. The van der Waals surface area contributed by atoms with Crippen molar-refractivity contribution < 1.29 is 29.0 Å². The SMILES string of the molecule is O=C1CCC=CC[C@H](CC(=O)N2CCC[C@H]2CO)C(=O)N[C@@H](COCc2ccccc2)CO1. The van der Waals surface area contributed by atoms with Crippen LogP contribution in [0.4, 0.5) is 0 Å². The highest BCUT2D eigenvalue weighted by molar-refractivity contribution is 5.86. The number of nitrogens with zero attached hydrogens (tertiary/aromatic N) is 1. The fraction of sp³-hybridized carbons (Fsp3) is 0.560. The molecule has 0 spiro atoms. The Morgan fingerprint density at radius 1 is 1.21 bits per heavy atom. The van der Waals surface area contributed by atoms with Gasteiger partial charge in [0.1, 0.15) is 6.61 Å². The van der Waals surface area contributed by atoms with Crippen LogP contribution in [-0.4, -0.2) is 66.2 Å². The first-order valence-corrected chi connectivity index (χ1v) is 11.7. The predicted molar refractivity (Wildman–Crippen MR) is 122 cm³/mol. The van der Waals surface area contributed by atoms with Crippen LogP contribution in [0.15, 0.2) is 42.5 Å². The molecular formula is C25H34N2O6. The van der Waals surface area contributed by atoms with Crippen LogP contribution in [0.1, 0.15) is 44.1 Å². The third-order valence-corrected chi connectivity index (χ3v) is 6.02. The number of allylic oxidation sites excluding steroid dienone is 2. The van der Waals surface area contributed by atoms with Crippen LogP contribution in [0, 0.1) is 5.92 Å². The van der Waals surface area contributed by atoms with Crippen molar-refractivity contribution >= 4 is 17.8 Å². The molecule has 0 saturated carbocycles. The fourth-order valence-corrected chi connectivity index (χ4v) is 4.15. The zero-order valence-electron chi connectivity index (χ0n) is 19.0. The van der Waals surface area contributed by atoms with Crippen LogP contribution in [-0.2, 0) is 30.5 Å². The van der Waals surface area contributed by atoms with Crippen LogP contribution >= 0.6 is 0 Å². The van der Waals surface area contributed by atoms with Gasteiger partial charge in [0, 0.05) is 19.4 Å². The van der Waals surface area contributed by atoms with E-state index in [0.717, 1.165) is 18.4 Å². The Balaban J connectivity index is 1.63. The number of likely N-dealkylation sites (tertiary alicyclic amines) is 1. The monoisotopic (exact) mass is 458 g/mol. The average Bonchev–Trinajstić information content (AvgIpc) is 3.30. The van der Waals surface area contributed by atoms with Gasteiger partial charge in [-0.05, 0) is 31.2 Å². The Hall–Kier alpha value is -2.71. The van der Waals surface area contributed by atoms with Crippen molar-refractivity contribution in [1.29, 1.82) is 0 Å². The molecule has 0 aliphatic carbocycles. The number of hydrogen-bond acceptors (Lipinski definition) is 6. The number of benzene rings is 1. The fourth-order valence-electron chi connectivity index (χ4n) is 4.15. The Morgan fingerprint density at radius 3 is 2.82 bits per heavy atom. The highest BCUT2D eigenvalue weighted by atomic mass is 16.5. The molecule has 33 heavy (non-hydrogen) atoms. The van der Waals surface area contributed by atoms with E-state index in [-0.39, 0.29) is 56.5 Å². The van der Waals surface area contributed by atoms with Gasteiger partial charge in [0.25, 0.3) is 0 Å². The first-order chi connectivity index (χ1) is 16.1. The van der Waals surface area contributed by atoms with Crippen LogP contribution < -0.4 is 5.32 Å². The van der Waals surface area contributed by atoms with Gasteiger partial charge >= 0.3 is 5.97 Å². The van der Waals surface area contributed by atoms with E-state index in [0.29, 0.717) is 26.0 Å². The molecule has 8 nitrogen and oxygen atoms in total. The third-order valence-electron chi connectivity index (χ3n) is 6.02. The number of amides is 2. The predicted octanol–water partition coefficient (Wildman–Crippen LogP) is 1.96. The van der Waals surface area contributed by atoms with Gasteiger partial charge in [-0.3, -0.25) is 14.4 Å². The second-order valence-electron chi connectivity index (χ2n) is 8.60. The maximum atomic E-state index is 13.1. The Kier molecular flexibility index (Phi) is 9.90. The molecule has 2 amide bonds. The summed E-state index contributed by atoms with van der Waals surface area (Å²) in [7, 11) is 0. The van der Waals surface area contributed by atoms with Crippen molar-refractivity contribution in [2.45, 2.75) is 57.2 Å². The standard InChI is InChI=1S/C25H34N2O6/c28-15-22-11-7-13-27(22)23(29)14-20-10-5-2-6-12-24(30)33-18-21(26-25(20)31)17-32-16-19-8-3-1-4-9-19/h1-5,8-9,20-22,28H,6-7,10-18H2,(H,26,31)/t20-,21+,22+/m1/s1. The molecule has 2 N–H and O–H groups in total. The molecule has 3 rings (SSSR count). The number of carbonyl (C=O) groups excluding carboxylic acids is 3. The van der Waals surface area contributed by atoms with Gasteiger partial charge in [-0.1, -0.05) is 42.5 Å². The van der Waals surface area contributed by atoms with E-state index < -0.39 is 12.0 Å². The van der Waals surface area contributed by atoms with Crippen LogP contribution in [0.2, 0.25) is 0 Å². The third kappa shape index (κ3) is 7.98. The van der Waals surface area contributed by atoms with Crippen LogP contribution in [0.25, 0.3) is 0 Å². The van der Waals surface area contributed by atoms with Gasteiger partial charge in [0.05, 0.1) is 37.8 Å². The number of ether oxygens (including phenoxy) is 2.